The number of aromatic nitrogens is 4. The minimum Gasteiger partial charge on any atom is -0.366 e. The van der Waals surface area contributed by atoms with E-state index in [9.17, 15) is 4.39 Å². The molecule has 0 aliphatic carbocycles. The monoisotopic (exact) mass is 428 g/mol. The molecule has 0 radical (unpaired) electrons. The van der Waals surface area contributed by atoms with E-state index in [0.29, 0.717) is 12.5 Å². The van der Waals surface area contributed by atoms with E-state index in [1.165, 1.54) is 6.07 Å². The van der Waals surface area contributed by atoms with Gasteiger partial charge in [-0.05, 0) is 54.2 Å². The minimum absolute atomic E-state index is 0.177. The Balaban J connectivity index is 1.38. The van der Waals surface area contributed by atoms with E-state index < -0.39 is 0 Å². The molecule has 0 saturated carbocycles. The Morgan fingerprint density at radius 2 is 2.03 bits per heavy atom. The zero-order chi connectivity index (χ0) is 21.9. The molecule has 32 heavy (non-hydrogen) atoms. The summed E-state index contributed by atoms with van der Waals surface area (Å²) in [5.74, 6) is 1.09. The highest BCUT2D eigenvalue weighted by molar-refractivity contribution is 6.36. The summed E-state index contributed by atoms with van der Waals surface area (Å²) in [5, 5.41) is 8.05. The predicted molar refractivity (Wildman–Crippen MR) is 126 cm³/mol. The fourth-order valence-corrected chi connectivity index (χ4v) is 4.46. The lowest BCUT2D eigenvalue weighted by atomic mass is 9.93. The number of nitrogens with zero attached hydrogens (tertiary/aromatic N) is 5. The molecular weight excluding hydrogens is 402 g/mol. The molecule has 1 unspecified atom stereocenters. The van der Waals surface area contributed by atoms with Crippen LogP contribution in [0.3, 0.4) is 0 Å². The number of piperidine rings is 1. The number of benzene rings is 1. The number of hydrogen-bond acceptors (Lipinski definition) is 5. The van der Waals surface area contributed by atoms with Gasteiger partial charge in [-0.15, -0.1) is 0 Å². The first-order valence-electron chi connectivity index (χ1n) is 11.1. The maximum atomic E-state index is 13.6. The van der Waals surface area contributed by atoms with Gasteiger partial charge in [0.05, 0.1) is 5.69 Å². The zero-order valence-corrected chi connectivity index (χ0v) is 18.2. The summed E-state index contributed by atoms with van der Waals surface area (Å²) in [6.07, 6.45) is 7.70. The van der Waals surface area contributed by atoms with Crippen LogP contribution in [0, 0.1) is 5.82 Å². The summed E-state index contributed by atoms with van der Waals surface area (Å²) in [6.45, 7) is 3.36. The number of nitrogens with one attached hydrogen (secondary N) is 1. The van der Waals surface area contributed by atoms with Crippen molar-refractivity contribution >= 4 is 24.8 Å². The number of halogens is 1. The average molecular weight is 428 g/mol. The molecule has 5 rings (SSSR count). The first-order valence-corrected chi connectivity index (χ1v) is 11.1. The van der Waals surface area contributed by atoms with Gasteiger partial charge in [0.2, 0.25) is 0 Å². The summed E-state index contributed by atoms with van der Waals surface area (Å²) < 4.78 is 15.5. The lowest BCUT2D eigenvalue weighted by Crippen LogP contribution is -2.34. The largest absolute Gasteiger partial charge is 0.366 e. The van der Waals surface area contributed by atoms with Gasteiger partial charge < -0.3 is 5.32 Å². The van der Waals surface area contributed by atoms with Crippen molar-refractivity contribution in [1.29, 1.82) is 0 Å². The van der Waals surface area contributed by atoms with E-state index in [0.717, 1.165) is 66.2 Å². The first kappa shape index (κ1) is 20.6. The zero-order valence-electron chi connectivity index (χ0n) is 18.2. The molecule has 0 amide bonds. The highest BCUT2D eigenvalue weighted by Crippen LogP contribution is 2.28. The molecular formula is C24H26BFN6. The topological polar surface area (TPSA) is 58.4 Å². The number of fused-ring (bicyclic) bond motifs is 1. The molecule has 0 bridgehead atoms. The van der Waals surface area contributed by atoms with Crippen LogP contribution in [0.4, 0.5) is 10.2 Å². The molecule has 1 aromatic carbocycles. The van der Waals surface area contributed by atoms with Crippen molar-refractivity contribution in [2.24, 2.45) is 0 Å². The first-order chi connectivity index (χ1) is 15.7. The van der Waals surface area contributed by atoms with Crippen molar-refractivity contribution in [2.75, 3.05) is 18.4 Å². The van der Waals surface area contributed by atoms with Gasteiger partial charge in [-0.25, -0.2) is 9.37 Å². The lowest BCUT2D eigenvalue weighted by molar-refractivity contribution is 0.198. The van der Waals surface area contributed by atoms with Gasteiger partial charge in [-0.1, -0.05) is 18.2 Å². The molecule has 1 aliphatic rings. The molecule has 3 aromatic heterocycles. The number of likely N-dealkylation sites (tertiary alicyclic amines) is 1. The third-order valence-electron chi connectivity index (χ3n) is 6.08. The van der Waals surface area contributed by atoms with Crippen LogP contribution in [-0.2, 0) is 13.1 Å². The Labute approximate surface area is 187 Å². The molecule has 4 heterocycles. The van der Waals surface area contributed by atoms with Crippen LogP contribution >= 0.6 is 0 Å². The van der Waals surface area contributed by atoms with Gasteiger partial charge in [0.15, 0.2) is 5.65 Å². The number of rotatable bonds is 6. The predicted octanol–water partition coefficient (Wildman–Crippen LogP) is 2.51. The molecule has 4 aromatic rings. The maximum Gasteiger partial charge on any atom is 0.151 e. The van der Waals surface area contributed by atoms with Crippen LogP contribution in [0.1, 0.15) is 35.6 Å². The Hall–Kier alpha value is -3.26. The second kappa shape index (κ2) is 9.08. The Kier molecular flexibility index (Phi) is 5.86. The molecule has 162 valence electrons. The van der Waals surface area contributed by atoms with E-state index >= 15 is 0 Å². The van der Waals surface area contributed by atoms with E-state index in [1.807, 2.05) is 36.9 Å². The van der Waals surface area contributed by atoms with Crippen LogP contribution in [-0.4, -0.2) is 45.4 Å². The number of anilines is 1. The SMILES string of the molecule is Bc1cnn2c(NCc3cccnc3)cc(C3CCCN(Cc4cccc(F)c4)C3)nc12. The van der Waals surface area contributed by atoms with Crippen molar-refractivity contribution in [2.45, 2.75) is 31.8 Å². The number of hydrogen-bond donors (Lipinski definition) is 1. The molecule has 1 saturated heterocycles. The standard InChI is InChI=1S/C24H26BFN6/c25-21-14-29-32-23(28-13-18-5-2-8-27-12-18)11-22(30-24(21)32)19-6-3-9-31(16-19)15-17-4-1-7-20(26)10-17/h1-2,4-5,7-8,10-12,14,19,28H,3,6,9,13,15-16,25H2. The van der Waals surface area contributed by atoms with Gasteiger partial charge in [0, 0.05) is 50.2 Å². The summed E-state index contributed by atoms with van der Waals surface area (Å²) in [6, 6.07) is 13.0. The second-order valence-electron chi connectivity index (χ2n) is 8.55. The molecule has 1 N–H and O–H groups in total. The quantitative estimate of drug-likeness (QED) is 0.479. The van der Waals surface area contributed by atoms with Gasteiger partial charge in [0.1, 0.15) is 19.5 Å². The summed E-state index contributed by atoms with van der Waals surface area (Å²) in [7, 11) is 2.04. The molecule has 8 heteroatoms. The van der Waals surface area contributed by atoms with Gasteiger partial charge >= 0.3 is 0 Å². The van der Waals surface area contributed by atoms with Crippen LogP contribution in [0.25, 0.3) is 5.65 Å². The van der Waals surface area contributed by atoms with E-state index in [4.69, 9.17) is 4.98 Å². The van der Waals surface area contributed by atoms with Crippen molar-refractivity contribution in [3.63, 3.8) is 0 Å². The van der Waals surface area contributed by atoms with Crippen molar-refractivity contribution in [3.8, 4) is 0 Å². The number of pyridine rings is 1. The van der Waals surface area contributed by atoms with Crippen molar-refractivity contribution < 1.29 is 4.39 Å². The average Bonchev–Trinajstić information content (AvgIpc) is 3.19. The Bertz CT molecular complexity index is 1210. The summed E-state index contributed by atoms with van der Waals surface area (Å²) in [5.41, 5.74) is 5.15. The fourth-order valence-electron chi connectivity index (χ4n) is 4.46. The van der Waals surface area contributed by atoms with E-state index in [-0.39, 0.29) is 5.82 Å². The highest BCUT2D eigenvalue weighted by atomic mass is 19.1. The van der Waals surface area contributed by atoms with Crippen molar-refractivity contribution in [1.82, 2.24) is 24.5 Å². The Morgan fingerprint density at radius 1 is 1.12 bits per heavy atom. The summed E-state index contributed by atoms with van der Waals surface area (Å²) >= 11 is 0. The highest BCUT2D eigenvalue weighted by Gasteiger charge is 2.24. The van der Waals surface area contributed by atoms with E-state index in [2.05, 4.69) is 32.4 Å². The van der Waals surface area contributed by atoms with Gasteiger partial charge in [-0.2, -0.15) is 9.61 Å². The second-order valence-corrected chi connectivity index (χ2v) is 8.55. The fraction of sp³-hybridized carbons (Fsp3) is 0.292. The third-order valence-corrected chi connectivity index (χ3v) is 6.08. The smallest absolute Gasteiger partial charge is 0.151 e. The summed E-state index contributed by atoms with van der Waals surface area (Å²) in [4.78, 5) is 11.6. The van der Waals surface area contributed by atoms with Gasteiger partial charge in [-0.3, -0.25) is 9.88 Å². The van der Waals surface area contributed by atoms with Gasteiger partial charge in [0.25, 0.3) is 0 Å². The van der Waals surface area contributed by atoms with E-state index in [1.54, 1.807) is 18.3 Å². The van der Waals surface area contributed by atoms with Crippen LogP contribution < -0.4 is 10.8 Å². The molecule has 1 fully saturated rings. The minimum atomic E-state index is -0.177. The lowest BCUT2D eigenvalue weighted by Gasteiger charge is -2.32. The van der Waals surface area contributed by atoms with Crippen LogP contribution in [0.5, 0.6) is 0 Å². The molecule has 1 atom stereocenters. The Morgan fingerprint density at radius 3 is 2.88 bits per heavy atom. The van der Waals surface area contributed by atoms with Crippen LogP contribution in [0.2, 0.25) is 0 Å². The van der Waals surface area contributed by atoms with Crippen LogP contribution in [0.15, 0.2) is 61.1 Å². The normalized spacial score (nSPS) is 17.0. The third kappa shape index (κ3) is 4.50. The molecule has 0 spiro atoms. The molecule has 6 nitrogen and oxygen atoms in total. The maximum absolute atomic E-state index is 13.6. The van der Waals surface area contributed by atoms with Crippen molar-refractivity contribution in [3.05, 3.63) is 83.7 Å². The molecule has 1 aliphatic heterocycles.